The lowest BCUT2D eigenvalue weighted by molar-refractivity contribution is -0.142. The van der Waals surface area contributed by atoms with Gasteiger partial charge in [-0.2, -0.15) is 0 Å². The number of nitrogens with zero attached hydrogens (tertiary/aromatic N) is 3. The quantitative estimate of drug-likeness (QED) is 0.513. The molecule has 2 amide bonds. The molecule has 0 spiro atoms. The van der Waals surface area contributed by atoms with Crippen molar-refractivity contribution in [3.63, 3.8) is 0 Å². The van der Waals surface area contributed by atoms with Gasteiger partial charge in [0, 0.05) is 37.9 Å². The monoisotopic (exact) mass is 447 g/mol. The first-order valence-corrected chi connectivity index (χ1v) is 11.6. The number of amides is 2. The van der Waals surface area contributed by atoms with Crippen molar-refractivity contribution in [2.45, 2.75) is 38.8 Å². The number of halogens is 1. The van der Waals surface area contributed by atoms with Gasteiger partial charge in [-0.25, -0.2) is 4.39 Å². The number of carbonyl (C=O) groups excluding carboxylic acids is 2. The highest BCUT2D eigenvalue weighted by Gasteiger charge is 2.33. The summed E-state index contributed by atoms with van der Waals surface area (Å²) in [6.45, 7) is 3.77. The summed E-state index contributed by atoms with van der Waals surface area (Å²) in [5, 5.41) is 0. The fourth-order valence-corrected chi connectivity index (χ4v) is 4.55. The Kier molecular flexibility index (Phi) is 7.23. The molecule has 1 aromatic heterocycles. The first-order chi connectivity index (χ1) is 16.1. The van der Waals surface area contributed by atoms with Gasteiger partial charge >= 0.3 is 0 Å². The first kappa shape index (κ1) is 22.8. The smallest absolute Gasteiger partial charge is 0.243 e. The van der Waals surface area contributed by atoms with E-state index >= 15 is 0 Å². The van der Waals surface area contributed by atoms with E-state index in [1.807, 2.05) is 61.7 Å². The second kappa shape index (κ2) is 10.5. The standard InChI is InChI=1S/C27H30FN3O2/c1-2-15-30(25(32)14-13-21-8-4-3-5-9-21)20-26(33)31-18-17-29-16-7-12-24(29)27(31)22-10-6-11-23(28)19-22/h3-12,16,19,27H,2,13-15,17-18,20H2,1H3. The Labute approximate surface area is 194 Å². The molecule has 1 aliphatic heterocycles. The fourth-order valence-electron chi connectivity index (χ4n) is 4.55. The summed E-state index contributed by atoms with van der Waals surface area (Å²) < 4.78 is 16.1. The summed E-state index contributed by atoms with van der Waals surface area (Å²) in [6, 6.07) is 19.9. The van der Waals surface area contributed by atoms with Crippen LogP contribution in [0.3, 0.4) is 0 Å². The average molecular weight is 448 g/mol. The molecule has 1 unspecified atom stereocenters. The van der Waals surface area contributed by atoms with Gasteiger partial charge in [-0.15, -0.1) is 0 Å². The van der Waals surface area contributed by atoms with E-state index in [1.54, 1.807) is 15.9 Å². The van der Waals surface area contributed by atoms with Crippen LogP contribution in [0, 0.1) is 5.82 Å². The lowest BCUT2D eigenvalue weighted by atomic mass is 9.99. The molecule has 0 saturated heterocycles. The molecule has 0 saturated carbocycles. The van der Waals surface area contributed by atoms with E-state index in [2.05, 4.69) is 4.57 Å². The second-order valence-corrected chi connectivity index (χ2v) is 8.47. The minimum Gasteiger partial charge on any atom is -0.348 e. The Bertz CT molecular complexity index is 1100. The van der Waals surface area contributed by atoms with Crippen LogP contribution in [0.2, 0.25) is 0 Å². The van der Waals surface area contributed by atoms with Gasteiger partial charge < -0.3 is 14.4 Å². The zero-order chi connectivity index (χ0) is 23.2. The number of aryl methyl sites for hydroxylation is 1. The molecule has 4 rings (SSSR count). The minimum absolute atomic E-state index is 0.0169. The highest BCUT2D eigenvalue weighted by Crippen LogP contribution is 2.33. The van der Waals surface area contributed by atoms with Crippen LogP contribution in [0.5, 0.6) is 0 Å². The maximum absolute atomic E-state index is 14.0. The molecule has 172 valence electrons. The van der Waals surface area contributed by atoms with E-state index in [-0.39, 0.29) is 30.2 Å². The zero-order valence-electron chi connectivity index (χ0n) is 19.0. The molecule has 1 aliphatic rings. The number of aromatic nitrogens is 1. The van der Waals surface area contributed by atoms with Crippen LogP contribution in [0.25, 0.3) is 0 Å². The average Bonchev–Trinajstić information content (AvgIpc) is 3.31. The summed E-state index contributed by atoms with van der Waals surface area (Å²) in [5.74, 6) is -0.456. The number of fused-ring (bicyclic) bond motifs is 1. The molecule has 2 heterocycles. The second-order valence-electron chi connectivity index (χ2n) is 8.47. The van der Waals surface area contributed by atoms with Gasteiger partial charge in [-0.1, -0.05) is 49.4 Å². The molecular weight excluding hydrogens is 417 g/mol. The van der Waals surface area contributed by atoms with Gasteiger partial charge in [0.1, 0.15) is 5.82 Å². The Morgan fingerprint density at radius 3 is 2.61 bits per heavy atom. The van der Waals surface area contributed by atoms with Crippen molar-refractivity contribution in [1.29, 1.82) is 0 Å². The summed E-state index contributed by atoms with van der Waals surface area (Å²) in [5.41, 5.74) is 2.80. The Hall–Kier alpha value is -3.41. The van der Waals surface area contributed by atoms with E-state index in [1.165, 1.54) is 12.1 Å². The van der Waals surface area contributed by atoms with Crippen LogP contribution in [0.15, 0.2) is 72.9 Å². The third kappa shape index (κ3) is 5.33. The summed E-state index contributed by atoms with van der Waals surface area (Å²) in [7, 11) is 0. The van der Waals surface area contributed by atoms with Crippen LogP contribution in [-0.4, -0.2) is 45.8 Å². The van der Waals surface area contributed by atoms with Gasteiger partial charge in [0.05, 0.1) is 12.6 Å². The molecule has 33 heavy (non-hydrogen) atoms. The molecule has 0 bridgehead atoms. The highest BCUT2D eigenvalue weighted by atomic mass is 19.1. The predicted octanol–water partition coefficient (Wildman–Crippen LogP) is 4.43. The zero-order valence-corrected chi connectivity index (χ0v) is 19.0. The molecule has 0 aliphatic carbocycles. The molecule has 2 aromatic carbocycles. The van der Waals surface area contributed by atoms with Gasteiger partial charge in [0.2, 0.25) is 11.8 Å². The normalized spacial score (nSPS) is 15.2. The predicted molar refractivity (Wildman–Crippen MR) is 126 cm³/mol. The molecule has 6 heteroatoms. The fraction of sp³-hybridized carbons (Fsp3) is 0.333. The van der Waals surface area contributed by atoms with Crippen molar-refractivity contribution >= 4 is 11.8 Å². The Balaban J connectivity index is 1.51. The van der Waals surface area contributed by atoms with Crippen molar-refractivity contribution in [2.75, 3.05) is 19.6 Å². The topological polar surface area (TPSA) is 45.6 Å². The molecule has 5 nitrogen and oxygen atoms in total. The van der Waals surface area contributed by atoms with E-state index in [9.17, 15) is 14.0 Å². The van der Waals surface area contributed by atoms with Crippen LogP contribution < -0.4 is 0 Å². The van der Waals surface area contributed by atoms with Crippen LogP contribution >= 0.6 is 0 Å². The molecule has 3 aromatic rings. The third-order valence-corrected chi connectivity index (χ3v) is 6.17. The van der Waals surface area contributed by atoms with Gasteiger partial charge in [0.15, 0.2) is 0 Å². The maximum atomic E-state index is 14.0. The molecule has 1 atom stereocenters. The van der Waals surface area contributed by atoms with Crippen molar-refractivity contribution in [1.82, 2.24) is 14.4 Å². The van der Waals surface area contributed by atoms with Crippen molar-refractivity contribution in [3.05, 3.63) is 95.6 Å². The summed E-state index contributed by atoms with van der Waals surface area (Å²) in [6.07, 6.45) is 3.78. The van der Waals surface area contributed by atoms with E-state index in [0.29, 0.717) is 32.5 Å². The number of hydrogen-bond donors (Lipinski definition) is 0. The van der Waals surface area contributed by atoms with Gasteiger partial charge in [0.25, 0.3) is 0 Å². The van der Waals surface area contributed by atoms with Crippen molar-refractivity contribution in [2.24, 2.45) is 0 Å². The molecule has 0 fully saturated rings. The van der Waals surface area contributed by atoms with Crippen LogP contribution in [-0.2, 0) is 22.6 Å². The van der Waals surface area contributed by atoms with Crippen molar-refractivity contribution < 1.29 is 14.0 Å². The number of hydrogen-bond acceptors (Lipinski definition) is 2. The maximum Gasteiger partial charge on any atom is 0.243 e. The minimum atomic E-state index is -0.375. The van der Waals surface area contributed by atoms with Crippen LogP contribution in [0.1, 0.15) is 42.6 Å². The highest BCUT2D eigenvalue weighted by molar-refractivity contribution is 5.85. The lowest BCUT2D eigenvalue weighted by Gasteiger charge is -2.38. The van der Waals surface area contributed by atoms with Gasteiger partial charge in [-0.05, 0) is 48.2 Å². The summed E-state index contributed by atoms with van der Waals surface area (Å²) in [4.78, 5) is 29.9. The van der Waals surface area contributed by atoms with E-state index in [4.69, 9.17) is 0 Å². The Morgan fingerprint density at radius 1 is 1.03 bits per heavy atom. The van der Waals surface area contributed by atoms with E-state index < -0.39 is 0 Å². The van der Waals surface area contributed by atoms with Crippen LogP contribution in [0.4, 0.5) is 4.39 Å². The van der Waals surface area contributed by atoms with Gasteiger partial charge in [-0.3, -0.25) is 9.59 Å². The summed E-state index contributed by atoms with van der Waals surface area (Å²) >= 11 is 0. The number of benzene rings is 2. The van der Waals surface area contributed by atoms with E-state index in [0.717, 1.165) is 23.2 Å². The van der Waals surface area contributed by atoms with Crippen molar-refractivity contribution in [3.8, 4) is 0 Å². The number of rotatable bonds is 8. The lowest BCUT2D eigenvalue weighted by Crippen LogP contribution is -2.48. The molecular formula is C27H30FN3O2. The largest absolute Gasteiger partial charge is 0.348 e. The number of carbonyl (C=O) groups is 2. The molecule has 0 N–H and O–H groups in total. The molecule has 0 radical (unpaired) electrons. The Morgan fingerprint density at radius 2 is 1.85 bits per heavy atom. The SMILES string of the molecule is CCCN(CC(=O)N1CCn2cccc2C1c1cccc(F)c1)C(=O)CCc1ccccc1. The first-order valence-electron chi connectivity index (χ1n) is 11.6. The third-order valence-electron chi connectivity index (χ3n) is 6.17.